The molecule has 0 aliphatic carbocycles. The van der Waals surface area contributed by atoms with Gasteiger partial charge in [0.1, 0.15) is 11.5 Å². The number of benzene rings is 8. The van der Waals surface area contributed by atoms with Gasteiger partial charge in [-0.25, -0.2) is 0 Å². The quantitative estimate of drug-likeness (QED) is 0.183. The second-order valence-corrected chi connectivity index (χ2v) is 12.2. The Labute approximate surface area is 285 Å². The van der Waals surface area contributed by atoms with Gasteiger partial charge >= 0.3 is 0 Å². The monoisotopic (exact) mass is 629 g/mol. The van der Waals surface area contributed by atoms with Gasteiger partial charge in [-0.1, -0.05) is 140 Å². The molecule has 0 fully saturated rings. The lowest BCUT2D eigenvalue weighted by molar-refractivity contribution is 0.440. The van der Waals surface area contributed by atoms with Gasteiger partial charge < -0.3 is 14.4 Å². The van der Waals surface area contributed by atoms with Gasteiger partial charge in [0.15, 0.2) is 11.5 Å². The Hall–Kier alpha value is -6.58. The van der Waals surface area contributed by atoms with Crippen molar-refractivity contribution in [1.29, 1.82) is 0 Å². The third-order valence-electron chi connectivity index (χ3n) is 9.14. The second-order valence-electron chi connectivity index (χ2n) is 12.2. The van der Waals surface area contributed by atoms with Crippen LogP contribution in [0.4, 0.5) is 17.1 Å². The summed E-state index contributed by atoms with van der Waals surface area (Å²) in [7, 11) is 0. The summed E-state index contributed by atoms with van der Waals surface area (Å²) < 4.78 is 13.4. The van der Waals surface area contributed by atoms with Crippen molar-refractivity contribution < 1.29 is 9.47 Å². The molecule has 8 aromatic carbocycles. The third kappa shape index (κ3) is 5.38. The lowest BCUT2D eigenvalue weighted by atomic mass is 10.00. The van der Waals surface area contributed by atoms with Crippen LogP contribution in [0.25, 0.3) is 44.2 Å². The van der Waals surface area contributed by atoms with Crippen LogP contribution in [0.1, 0.15) is 0 Å². The van der Waals surface area contributed by atoms with E-state index >= 15 is 0 Å². The molecule has 1 heterocycles. The molecule has 0 aromatic heterocycles. The Balaban J connectivity index is 1.13. The molecule has 1 aliphatic rings. The van der Waals surface area contributed by atoms with Crippen LogP contribution in [0.2, 0.25) is 0 Å². The molecule has 0 unspecified atom stereocenters. The highest BCUT2D eigenvalue weighted by atomic mass is 16.5. The van der Waals surface area contributed by atoms with Gasteiger partial charge in [0.2, 0.25) is 0 Å². The molecule has 1 aliphatic heterocycles. The maximum atomic E-state index is 6.80. The molecular weight excluding hydrogens is 599 g/mol. The lowest BCUT2D eigenvalue weighted by Crippen LogP contribution is -2.11. The maximum Gasteiger partial charge on any atom is 0.193 e. The number of para-hydroxylation sites is 1. The first-order valence-corrected chi connectivity index (χ1v) is 16.5. The Kier molecular flexibility index (Phi) is 7.14. The molecular formula is C46H31NO2. The predicted molar refractivity (Wildman–Crippen MR) is 202 cm³/mol. The number of nitrogens with zero attached hydrogens (tertiary/aromatic N) is 1. The highest BCUT2D eigenvalue weighted by molar-refractivity contribution is 5.96. The molecule has 49 heavy (non-hydrogen) atoms. The number of hydrogen-bond donors (Lipinski definition) is 0. The van der Waals surface area contributed by atoms with Crippen molar-refractivity contribution in [3.63, 3.8) is 0 Å². The van der Waals surface area contributed by atoms with E-state index in [0.717, 1.165) is 50.5 Å². The van der Waals surface area contributed by atoms with Crippen LogP contribution in [-0.2, 0) is 0 Å². The summed E-state index contributed by atoms with van der Waals surface area (Å²) in [6.45, 7) is 0. The van der Waals surface area contributed by atoms with Gasteiger partial charge in [0.05, 0.1) is 11.1 Å². The third-order valence-corrected chi connectivity index (χ3v) is 9.14. The van der Waals surface area contributed by atoms with Crippen molar-refractivity contribution in [2.45, 2.75) is 0 Å². The molecule has 0 spiro atoms. The smallest absolute Gasteiger partial charge is 0.193 e. The minimum atomic E-state index is 0.666. The molecule has 9 rings (SSSR count). The molecule has 0 saturated carbocycles. The van der Waals surface area contributed by atoms with Crippen LogP contribution >= 0.6 is 0 Å². The summed E-state index contributed by atoms with van der Waals surface area (Å²) in [5, 5.41) is 2.04. The minimum Gasteiger partial charge on any atom is -0.453 e. The number of ether oxygens (including phenoxy) is 2. The largest absolute Gasteiger partial charge is 0.453 e. The number of hydrogen-bond acceptors (Lipinski definition) is 3. The van der Waals surface area contributed by atoms with Gasteiger partial charge in [0, 0.05) is 11.4 Å². The molecule has 0 bridgehead atoms. The zero-order valence-corrected chi connectivity index (χ0v) is 26.7. The molecule has 0 radical (unpaired) electrons. The fourth-order valence-electron chi connectivity index (χ4n) is 6.68. The Morgan fingerprint density at radius 1 is 0.306 bits per heavy atom. The van der Waals surface area contributed by atoms with Crippen molar-refractivity contribution in [3.05, 3.63) is 188 Å². The molecule has 3 heteroatoms. The average molecular weight is 630 g/mol. The van der Waals surface area contributed by atoms with Gasteiger partial charge in [-0.05, 0) is 87.3 Å². The normalized spacial score (nSPS) is 11.6. The van der Waals surface area contributed by atoms with Gasteiger partial charge in [-0.2, -0.15) is 0 Å². The number of anilines is 3. The van der Waals surface area contributed by atoms with Gasteiger partial charge in [-0.3, -0.25) is 0 Å². The number of rotatable bonds is 6. The van der Waals surface area contributed by atoms with E-state index in [0.29, 0.717) is 11.5 Å². The fraction of sp³-hybridized carbons (Fsp3) is 0. The van der Waals surface area contributed by atoms with E-state index in [9.17, 15) is 0 Å². The van der Waals surface area contributed by atoms with Crippen LogP contribution < -0.4 is 14.4 Å². The molecule has 3 nitrogen and oxygen atoms in total. The zero-order valence-electron chi connectivity index (χ0n) is 26.7. The van der Waals surface area contributed by atoms with Crippen LogP contribution in [0, 0.1) is 0 Å². The Morgan fingerprint density at radius 3 is 1.22 bits per heavy atom. The van der Waals surface area contributed by atoms with E-state index < -0.39 is 0 Å². The topological polar surface area (TPSA) is 21.7 Å². The predicted octanol–water partition coefficient (Wildman–Crippen LogP) is 13.2. The summed E-state index contributed by atoms with van der Waals surface area (Å²) in [6, 6.07) is 65.5. The van der Waals surface area contributed by atoms with E-state index in [1.54, 1.807) is 0 Å². The first-order chi connectivity index (χ1) is 24.3. The van der Waals surface area contributed by atoms with Crippen molar-refractivity contribution >= 4 is 27.8 Å². The van der Waals surface area contributed by atoms with Crippen LogP contribution in [-0.4, -0.2) is 0 Å². The van der Waals surface area contributed by atoms with Crippen LogP contribution in [0.5, 0.6) is 23.0 Å². The Morgan fingerprint density at radius 2 is 0.714 bits per heavy atom. The van der Waals surface area contributed by atoms with Gasteiger partial charge in [-0.15, -0.1) is 0 Å². The standard InChI is InChI=1S/C46H31NO2/c1-3-10-32(11-4-1)34-20-22-35(23-21-34)37-26-30-40(31-27-37)47(39-28-24-36(25-29-39)33-12-5-2-6-13-33)41-16-9-19-44-46(41)49-43-18-8-15-38-14-7-17-42(48-44)45(38)43/h1-31H. The van der Waals surface area contributed by atoms with Gasteiger partial charge in [0.25, 0.3) is 0 Å². The highest BCUT2D eigenvalue weighted by Gasteiger charge is 2.25. The van der Waals surface area contributed by atoms with E-state index in [2.05, 4.69) is 144 Å². The van der Waals surface area contributed by atoms with Crippen molar-refractivity contribution in [2.24, 2.45) is 0 Å². The second kappa shape index (κ2) is 12.2. The first-order valence-electron chi connectivity index (χ1n) is 16.5. The highest BCUT2D eigenvalue weighted by Crippen LogP contribution is 2.52. The summed E-state index contributed by atoms with van der Waals surface area (Å²) in [6.07, 6.45) is 0. The average Bonchev–Trinajstić information content (AvgIpc) is 3.34. The number of fused-ring (bicyclic) bond motifs is 1. The summed E-state index contributed by atoms with van der Waals surface area (Å²) in [4.78, 5) is 2.25. The van der Waals surface area contributed by atoms with E-state index in [1.807, 2.05) is 48.5 Å². The summed E-state index contributed by atoms with van der Waals surface area (Å²) in [5.41, 5.74) is 9.98. The molecule has 0 atom stereocenters. The fourth-order valence-corrected chi connectivity index (χ4v) is 6.68. The van der Waals surface area contributed by atoms with Crippen molar-refractivity contribution in [2.75, 3.05) is 4.90 Å². The molecule has 232 valence electrons. The molecule has 0 N–H and O–H groups in total. The van der Waals surface area contributed by atoms with Crippen LogP contribution in [0.15, 0.2) is 188 Å². The zero-order chi connectivity index (χ0) is 32.6. The summed E-state index contributed by atoms with van der Waals surface area (Å²) in [5.74, 6) is 2.89. The molecule has 8 aromatic rings. The van der Waals surface area contributed by atoms with Crippen molar-refractivity contribution in [3.8, 4) is 56.4 Å². The summed E-state index contributed by atoms with van der Waals surface area (Å²) >= 11 is 0. The van der Waals surface area contributed by atoms with E-state index in [4.69, 9.17) is 9.47 Å². The maximum absolute atomic E-state index is 6.80. The van der Waals surface area contributed by atoms with Crippen LogP contribution in [0.3, 0.4) is 0 Å². The first kappa shape index (κ1) is 28.6. The molecule has 0 saturated heterocycles. The molecule has 0 amide bonds. The van der Waals surface area contributed by atoms with E-state index in [-0.39, 0.29) is 0 Å². The Bertz CT molecular complexity index is 2400. The minimum absolute atomic E-state index is 0.666. The lowest BCUT2D eigenvalue weighted by Gasteiger charge is -2.28. The SMILES string of the molecule is c1ccc(-c2ccc(-c3ccc(N(c4ccc(-c5ccccc5)cc4)c4cccc5c4Oc4cccc6cccc(c46)O5)cc3)cc2)cc1. The van der Waals surface area contributed by atoms with E-state index in [1.165, 1.54) is 22.3 Å². The van der Waals surface area contributed by atoms with Crippen molar-refractivity contribution in [1.82, 2.24) is 0 Å².